The molecule has 0 bridgehead atoms. The molecule has 27 heavy (non-hydrogen) atoms. The van der Waals surface area contributed by atoms with Crippen LogP contribution in [0.5, 0.6) is 0 Å². The zero-order chi connectivity index (χ0) is 18.8. The molecule has 4 rings (SSSR count). The number of nitrogens with one attached hydrogen (secondary N) is 1. The minimum absolute atomic E-state index is 0.0401. The van der Waals surface area contributed by atoms with Crippen LogP contribution in [0.3, 0.4) is 0 Å². The number of oxazole rings is 1. The molecule has 0 saturated carbocycles. The van der Waals surface area contributed by atoms with Crippen molar-refractivity contribution in [3.05, 3.63) is 59.6 Å². The molecule has 0 spiro atoms. The molecular weight excluding hydrogens is 340 g/mol. The molecule has 3 heterocycles. The van der Waals surface area contributed by atoms with Crippen molar-refractivity contribution in [3.63, 3.8) is 0 Å². The van der Waals surface area contributed by atoms with E-state index in [0.717, 1.165) is 36.2 Å². The van der Waals surface area contributed by atoms with E-state index in [9.17, 15) is 4.79 Å². The molecule has 0 aliphatic carbocycles. The van der Waals surface area contributed by atoms with Gasteiger partial charge < -0.3 is 9.32 Å². The van der Waals surface area contributed by atoms with Gasteiger partial charge in [-0.05, 0) is 25.3 Å². The predicted molar refractivity (Wildman–Crippen MR) is 103 cm³/mol. The van der Waals surface area contributed by atoms with E-state index in [4.69, 9.17) is 4.42 Å². The van der Waals surface area contributed by atoms with Crippen LogP contribution in [0.25, 0.3) is 11.1 Å². The van der Waals surface area contributed by atoms with Gasteiger partial charge in [0.05, 0.1) is 6.20 Å². The van der Waals surface area contributed by atoms with Crippen LogP contribution in [0.4, 0.5) is 0 Å². The van der Waals surface area contributed by atoms with Gasteiger partial charge in [-0.3, -0.25) is 9.89 Å². The Morgan fingerprint density at radius 1 is 1.33 bits per heavy atom. The van der Waals surface area contributed by atoms with E-state index in [1.807, 2.05) is 18.0 Å². The van der Waals surface area contributed by atoms with Gasteiger partial charge in [0.2, 0.25) is 0 Å². The van der Waals surface area contributed by atoms with Crippen LogP contribution >= 0.6 is 0 Å². The van der Waals surface area contributed by atoms with E-state index < -0.39 is 0 Å². The van der Waals surface area contributed by atoms with Crippen molar-refractivity contribution >= 4 is 5.91 Å². The lowest BCUT2D eigenvalue weighted by Crippen LogP contribution is -2.39. The first-order valence-corrected chi connectivity index (χ1v) is 9.49. The lowest BCUT2D eigenvalue weighted by Gasteiger charge is -2.32. The van der Waals surface area contributed by atoms with E-state index in [2.05, 4.69) is 46.4 Å². The lowest BCUT2D eigenvalue weighted by molar-refractivity contribution is 0.0698. The highest BCUT2D eigenvalue weighted by atomic mass is 16.3. The van der Waals surface area contributed by atoms with Crippen molar-refractivity contribution in [2.75, 3.05) is 13.1 Å². The van der Waals surface area contributed by atoms with Crippen molar-refractivity contribution in [2.45, 2.75) is 39.0 Å². The summed E-state index contributed by atoms with van der Waals surface area (Å²) >= 11 is 0. The van der Waals surface area contributed by atoms with Crippen LogP contribution in [-0.4, -0.2) is 39.1 Å². The number of aromatic amines is 1. The molecule has 6 heteroatoms. The lowest BCUT2D eigenvalue weighted by atomic mass is 9.90. The van der Waals surface area contributed by atoms with Crippen molar-refractivity contribution in [1.82, 2.24) is 20.1 Å². The Balaban J connectivity index is 1.57. The van der Waals surface area contributed by atoms with Crippen molar-refractivity contribution in [1.29, 1.82) is 0 Å². The number of piperidine rings is 1. The first kappa shape index (κ1) is 17.5. The van der Waals surface area contributed by atoms with E-state index in [-0.39, 0.29) is 11.8 Å². The molecular formula is C21H24N4O2. The summed E-state index contributed by atoms with van der Waals surface area (Å²) in [5, 5.41) is 7.47. The molecule has 3 aromatic rings. The van der Waals surface area contributed by atoms with Gasteiger partial charge in [0.15, 0.2) is 12.1 Å². The second-order valence-corrected chi connectivity index (χ2v) is 7.13. The summed E-state index contributed by atoms with van der Waals surface area (Å²) in [4.78, 5) is 19.0. The molecule has 1 aromatic carbocycles. The minimum Gasteiger partial charge on any atom is -0.448 e. The first-order chi connectivity index (χ1) is 13.2. The van der Waals surface area contributed by atoms with Gasteiger partial charge in [0.25, 0.3) is 5.91 Å². The Morgan fingerprint density at radius 2 is 2.15 bits per heavy atom. The molecule has 1 fully saturated rings. The van der Waals surface area contributed by atoms with E-state index in [1.165, 1.54) is 12.0 Å². The number of benzene rings is 1. The zero-order valence-electron chi connectivity index (χ0n) is 15.7. The Bertz CT molecular complexity index is 926. The number of aryl methyl sites for hydroxylation is 2. The van der Waals surface area contributed by atoms with Crippen LogP contribution in [0.15, 0.2) is 41.3 Å². The molecule has 1 N–H and O–H groups in total. The van der Waals surface area contributed by atoms with Crippen LogP contribution in [0.1, 0.15) is 53.2 Å². The summed E-state index contributed by atoms with van der Waals surface area (Å²) in [6.07, 6.45) is 5.90. The molecule has 1 aliphatic rings. The van der Waals surface area contributed by atoms with Gasteiger partial charge >= 0.3 is 0 Å². The standard InChI is InChI=1S/C21H24N4O2/c1-3-18-20(22-13-27-18)21(26)25-10-4-5-16(12-25)19-17(11-23-24-19)15-8-6-14(2)7-9-15/h6-9,11,13,16H,3-5,10,12H2,1-2H3,(H,23,24)/t16-/m1/s1. The second kappa shape index (κ2) is 7.39. The van der Waals surface area contributed by atoms with Crippen LogP contribution in [0.2, 0.25) is 0 Å². The smallest absolute Gasteiger partial charge is 0.276 e. The molecule has 1 saturated heterocycles. The molecule has 1 amide bonds. The molecule has 6 nitrogen and oxygen atoms in total. The molecule has 1 aliphatic heterocycles. The average Bonchev–Trinajstić information content (AvgIpc) is 3.37. The highest BCUT2D eigenvalue weighted by Gasteiger charge is 2.30. The number of carbonyl (C=O) groups excluding carboxylic acids is 1. The molecule has 140 valence electrons. The number of nitrogens with zero attached hydrogens (tertiary/aromatic N) is 3. The fraction of sp³-hybridized carbons (Fsp3) is 0.381. The predicted octanol–water partition coefficient (Wildman–Crippen LogP) is 3.96. The highest BCUT2D eigenvalue weighted by Crippen LogP contribution is 2.33. The number of H-pyrrole nitrogens is 1. The normalized spacial score (nSPS) is 17.3. The Hall–Kier alpha value is -2.89. The number of hydrogen-bond donors (Lipinski definition) is 1. The number of aromatic nitrogens is 3. The number of carbonyl (C=O) groups is 1. The number of likely N-dealkylation sites (tertiary alicyclic amines) is 1. The summed E-state index contributed by atoms with van der Waals surface area (Å²) in [5.74, 6) is 0.851. The number of hydrogen-bond acceptors (Lipinski definition) is 4. The Kier molecular flexibility index (Phi) is 4.79. The SMILES string of the molecule is CCc1ocnc1C(=O)N1CCC[C@@H](c2[nH]ncc2-c2ccc(C)cc2)C1. The molecule has 0 radical (unpaired) electrons. The number of amides is 1. The van der Waals surface area contributed by atoms with E-state index in [0.29, 0.717) is 24.4 Å². The zero-order valence-corrected chi connectivity index (χ0v) is 15.7. The van der Waals surface area contributed by atoms with Crippen LogP contribution < -0.4 is 0 Å². The van der Waals surface area contributed by atoms with Crippen LogP contribution in [-0.2, 0) is 6.42 Å². The fourth-order valence-corrected chi connectivity index (χ4v) is 3.81. The van der Waals surface area contributed by atoms with Gasteiger partial charge in [-0.1, -0.05) is 36.8 Å². The molecule has 1 atom stereocenters. The summed E-state index contributed by atoms with van der Waals surface area (Å²) in [6.45, 7) is 5.46. The quantitative estimate of drug-likeness (QED) is 0.760. The maximum Gasteiger partial charge on any atom is 0.276 e. The summed E-state index contributed by atoms with van der Waals surface area (Å²) in [7, 11) is 0. The summed E-state index contributed by atoms with van der Waals surface area (Å²) < 4.78 is 5.34. The third-order valence-corrected chi connectivity index (χ3v) is 5.31. The Morgan fingerprint density at radius 3 is 2.93 bits per heavy atom. The second-order valence-electron chi connectivity index (χ2n) is 7.13. The van der Waals surface area contributed by atoms with Crippen molar-refractivity contribution < 1.29 is 9.21 Å². The first-order valence-electron chi connectivity index (χ1n) is 9.49. The minimum atomic E-state index is -0.0401. The van der Waals surface area contributed by atoms with E-state index >= 15 is 0 Å². The van der Waals surface area contributed by atoms with Gasteiger partial charge in [0, 0.05) is 36.7 Å². The fourth-order valence-electron chi connectivity index (χ4n) is 3.81. The summed E-state index contributed by atoms with van der Waals surface area (Å²) in [5.41, 5.74) is 5.05. The Labute approximate surface area is 158 Å². The van der Waals surface area contributed by atoms with Crippen LogP contribution in [0, 0.1) is 6.92 Å². The van der Waals surface area contributed by atoms with Gasteiger partial charge in [-0.15, -0.1) is 0 Å². The molecule has 2 aromatic heterocycles. The van der Waals surface area contributed by atoms with Gasteiger partial charge in [-0.2, -0.15) is 5.10 Å². The third-order valence-electron chi connectivity index (χ3n) is 5.31. The van der Waals surface area contributed by atoms with Gasteiger partial charge in [0.1, 0.15) is 5.76 Å². The summed E-state index contributed by atoms with van der Waals surface area (Å²) in [6, 6.07) is 8.47. The molecule has 0 unspecified atom stereocenters. The van der Waals surface area contributed by atoms with E-state index in [1.54, 1.807) is 0 Å². The van der Waals surface area contributed by atoms with Gasteiger partial charge in [-0.25, -0.2) is 4.98 Å². The highest BCUT2D eigenvalue weighted by molar-refractivity contribution is 5.93. The topological polar surface area (TPSA) is 75.0 Å². The monoisotopic (exact) mass is 364 g/mol. The largest absolute Gasteiger partial charge is 0.448 e. The number of rotatable bonds is 4. The maximum absolute atomic E-state index is 12.9. The van der Waals surface area contributed by atoms with Crippen molar-refractivity contribution in [2.24, 2.45) is 0 Å². The average molecular weight is 364 g/mol. The third kappa shape index (κ3) is 3.39. The van der Waals surface area contributed by atoms with Crippen molar-refractivity contribution in [3.8, 4) is 11.1 Å². The maximum atomic E-state index is 12.9.